The van der Waals surface area contributed by atoms with E-state index >= 15 is 0 Å². The van der Waals surface area contributed by atoms with Crippen molar-refractivity contribution < 1.29 is 44.9 Å². The second kappa shape index (κ2) is 7.16. The van der Waals surface area contributed by atoms with Gasteiger partial charge in [-0.1, -0.05) is 0 Å². The van der Waals surface area contributed by atoms with Crippen molar-refractivity contribution in [2.45, 2.75) is 24.5 Å². The molecular weight excluding hydrogens is 529 g/mol. The number of hydrogen-bond acceptors (Lipinski definition) is 7. The first-order chi connectivity index (χ1) is 12.6. The molecule has 1 aliphatic rings. The number of rotatable bonds is 4. The van der Waals surface area contributed by atoms with Crippen molar-refractivity contribution in [2.24, 2.45) is 0 Å². The molecule has 0 bridgehead atoms. The van der Waals surface area contributed by atoms with Gasteiger partial charge in [-0.05, 0) is 0 Å². The van der Waals surface area contributed by atoms with Crippen LogP contribution in [0.5, 0.6) is 0 Å². The summed E-state index contributed by atoms with van der Waals surface area (Å²) in [5.74, 6) is 0. The molecule has 0 unspecified atom stereocenters. The number of hydrogen-bond donors (Lipinski definition) is 3. The molecule has 132 valence electrons. The van der Waals surface area contributed by atoms with E-state index < -0.39 is 56.0 Å². The molecule has 0 spiro atoms. The molecule has 4 atom stereocenters. The molecule has 26 heavy (non-hydrogen) atoms. The van der Waals surface area contributed by atoms with Gasteiger partial charge in [-0.25, -0.2) is 0 Å². The van der Waals surface area contributed by atoms with Crippen LogP contribution in [0.15, 0.2) is 47.8 Å². The summed E-state index contributed by atoms with van der Waals surface area (Å²) in [5, 5.41) is 29.3. The quantitative estimate of drug-likeness (QED) is 0.337. The van der Waals surface area contributed by atoms with E-state index in [-0.39, 0.29) is 16.7 Å². The summed E-state index contributed by atoms with van der Waals surface area (Å²) in [4.78, 5) is 21.2. The van der Waals surface area contributed by atoms with Gasteiger partial charge in [0.05, 0.1) is 0 Å². The van der Waals surface area contributed by atoms with Crippen molar-refractivity contribution in [3.63, 3.8) is 0 Å². The average molecular weight is 545 g/mol. The van der Waals surface area contributed by atoms with Crippen molar-refractivity contribution >= 4 is 14.2 Å². The maximum atomic E-state index is 12.7. The number of imidazole rings is 1. The van der Waals surface area contributed by atoms with Crippen molar-refractivity contribution in [3.05, 3.63) is 53.3 Å². The summed E-state index contributed by atoms with van der Waals surface area (Å²) < 4.78 is 9.76. The molecule has 0 radical (unpaired) electrons. The Hall–Kier alpha value is -1.65. The molecule has 1 saturated heterocycles. The Morgan fingerprint density at radius 1 is 1.12 bits per heavy atom. The van der Waals surface area contributed by atoms with Gasteiger partial charge in [0.2, 0.25) is 0 Å². The van der Waals surface area contributed by atoms with Crippen molar-refractivity contribution in [1.82, 2.24) is 16.9 Å². The van der Waals surface area contributed by atoms with Crippen molar-refractivity contribution in [2.75, 3.05) is 6.61 Å². The molecule has 2 aromatic heterocycles. The minimum atomic E-state index is -1.90. The number of aliphatic hydroxyl groups excluding tert-OH is 3. The fourth-order valence-corrected chi connectivity index (χ4v) is 8.32. The van der Waals surface area contributed by atoms with Gasteiger partial charge in [0, 0.05) is 0 Å². The number of ether oxygens (including phenoxy) is 1. The third-order valence-corrected chi connectivity index (χ3v) is 10.9. The summed E-state index contributed by atoms with van der Waals surface area (Å²) in [6.07, 6.45) is -1.46. The van der Waals surface area contributed by atoms with Gasteiger partial charge < -0.3 is 0 Å². The molecule has 1 aliphatic heterocycles. The fourth-order valence-electron chi connectivity index (χ4n) is 3.13. The van der Waals surface area contributed by atoms with Crippen LogP contribution in [0.25, 0.3) is 11.2 Å². The predicted octanol–water partition coefficient (Wildman–Crippen LogP) is -1.62. The number of nitrogens with zero attached hydrogens (tertiary/aromatic N) is 4. The Morgan fingerprint density at radius 3 is 2.58 bits per heavy atom. The number of fused-ring (bicyclic) bond motifs is 1. The molecular formula is C16H16HgN4O5. The van der Waals surface area contributed by atoms with Crippen LogP contribution in [-0.2, 0) is 29.6 Å². The molecule has 1 aromatic carbocycles. The van der Waals surface area contributed by atoms with E-state index in [2.05, 4.69) is 9.97 Å². The van der Waals surface area contributed by atoms with Crippen LogP contribution in [-0.4, -0.2) is 57.1 Å². The van der Waals surface area contributed by atoms with Crippen LogP contribution in [0, 0.1) is 0 Å². The first kappa shape index (κ1) is 17.7. The topological polar surface area (TPSA) is 123 Å². The van der Waals surface area contributed by atoms with Crippen molar-refractivity contribution in [1.29, 1.82) is 0 Å². The molecule has 3 heterocycles. The molecule has 9 nitrogen and oxygen atoms in total. The molecule has 0 aliphatic carbocycles. The summed E-state index contributed by atoms with van der Waals surface area (Å²) in [6.45, 7) is -0.423. The van der Waals surface area contributed by atoms with Gasteiger partial charge >= 0.3 is 161 Å². The van der Waals surface area contributed by atoms with Crippen LogP contribution in [0.3, 0.4) is 0 Å². The van der Waals surface area contributed by atoms with Crippen LogP contribution >= 0.6 is 0 Å². The van der Waals surface area contributed by atoms with E-state index in [1.165, 1.54) is 20.3 Å². The Morgan fingerprint density at radius 2 is 1.88 bits per heavy atom. The predicted molar refractivity (Wildman–Crippen MR) is 86.3 cm³/mol. The standard InChI is InChI=1S/C10H12N4O5.C6H5.Hg/c15-1-4-6(16)7(17)10(19-4)14-3-13-5-8(14)11-2-12-9(5)18;1-2-4-6-5-3-1;/h2-4,6-7,10,15-17H,1H2,(H,11,12,18);1-5H;/q;;+1/p-1/t4-,6-,7-,10-;;/m1../s1. The zero-order valence-electron chi connectivity index (χ0n) is 13.7. The summed E-state index contributed by atoms with van der Waals surface area (Å²) in [7, 11) is 0. The van der Waals surface area contributed by atoms with Gasteiger partial charge in [-0.3, -0.25) is 0 Å². The average Bonchev–Trinajstić information content (AvgIpc) is 3.20. The second-order valence-electron chi connectivity index (χ2n) is 6.22. The molecule has 3 aromatic rings. The maximum absolute atomic E-state index is 12.7. The third-order valence-electron chi connectivity index (χ3n) is 4.54. The van der Waals surface area contributed by atoms with Crippen molar-refractivity contribution in [3.8, 4) is 0 Å². The van der Waals surface area contributed by atoms with E-state index in [0.29, 0.717) is 0 Å². The van der Waals surface area contributed by atoms with E-state index in [4.69, 9.17) is 4.74 Å². The first-order valence-electron chi connectivity index (χ1n) is 8.18. The van der Waals surface area contributed by atoms with Crippen LogP contribution < -0.4 is 8.63 Å². The van der Waals surface area contributed by atoms with E-state index in [1.54, 1.807) is 2.33 Å². The Balaban J connectivity index is 1.70. The zero-order chi connectivity index (χ0) is 18.3. The molecule has 0 saturated carbocycles. The zero-order valence-corrected chi connectivity index (χ0v) is 19.2. The van der Waals surface area contributed by atoms with E-state index in [1.807, 2.05) is 30.3 Å². The monoisotopic (exact) mass is 546 g/mol. The van der Waals surface area contributed by atoms with Crippen LogP contribution in [0.2, 0.25) is 0 Å². The SMILES string of the molecule is O=c1c2ncn([C@@H]3O[C@H](CO)[C@@H](O)[C@H]3O)c2nc[n]1[Hg][c]1ccccc1. The van der Waals surface area contributed by atoms with E-state index in [9.17, 15) is 20.1 Å². The molecule has 0 amide bonds. The molecule has 3 N–H and O–H groups in total. The van der Waals surface area contributed by atoms with E-state index in [0.717, 1.165) is 0 Å². The fraction of sp³-hybridized carbons (Fsp3) is 0.312. The Bertz CT molecular complexity index is 976. The van der Waals surface area contributed by atoms with Crippen LogP contribution in [0.4, 0.5) is 0 Å². The summed E-state index contributed by atoms with van der Waals surface area (Å²) >= 11 is -1.90. The first-order valence-corrected chi connectivity index (χ1v) is 13.4. The Labute approximate surface area is 160 Å². The third kappa shape index (κ3) is 2.99. The minimum absolute atomic E-state index is 0.196. The molecule has 10 heteroatoms. The normalized spacial score (nSPS) is 25.5. The number of aromatic nitrogens is 4. The van der Waals surface area contributed by atoms with Gasteiger partial charge in [0.25, 0.3) is 0 Å². The Kier molecular flexibility index (Phi) is 4.89. The number of benzene rings is 1. The van der Waals surface area contributed by atoms with Gasteiger partial charge in [-0.15, -0.1) is 0 Å². The number of aliphatic hydroxyl groups is 3. The summed E-state index contributed by atoms with van der Waals surface area (Å²) in [5.41, 5.74) is 0.259. The van der Waals surface area contributed by atoms with Gasteiger partial charge in [0.1, 0.15) is 0 Å². The summed E-state index contributed by atoms with van der Waals surface area (Å²) in [6, 6.07) is 9.85. The molecule has 4 rings (SSSR count). The molecule has 1 fully saturated rings. The second-order valence-corrected chi connectivity index (χ2v) is 13.3. The van der Waals surface area contributed by atoms with Crippen LogP contribution in [0.1, 0.15) is 6.23 Å². The van der Waals surface area contributed by atoms with Gasteiger partial charge in [-0.2, -0.15) is 0 Å². The van der Waals surface area contributed by atoms with Gasteiger partial charge in [0.15, 0.2) is 0 Å².